The molecule has 0 bridgehead atoms. The maximum Gasteiger partial charge on any atom is 0.257 e. The third-order valence-corrected chi connectivity index (χ3v) is 6.74. The fourth-order valence-corrected chi connectivity index (χ4v) is 4.73. The minimum Gasteiger partial charge on any atom is -0.445 e. The van der Waals surface area contributed by atoms with E-state index in [-0.39, 0.29) is 17.9 Å². The van der Waals surface area contributed by atoms with Crippen LogP contribution in [-0.4, -0.2) is 48.5 Å². The van der Waals surface area contributed by atoms with Crippen LogP contribution in [0.5, 0.6) is 0 Å². The number of carbonyl (C=O) groups excluding carboxylic acids is 1. The third kappa shape index (κ3) is 3.67. The van der Waals surface area contributed by atoms with Gasteiger partial charge in [-0.05, 0) is 40.0 Å². The largest absolute Gasteiger partial charge is 0.445 e. The molecule has 1 aliphatic heterocycles. The molecule has 1 fully saturated rings. The predicted octanol–water partition coefficient (Wildman–Crippen LogP) is 3.65. The standard InChI is InChI=1S/C21H27N5O3S/c1-5-21(4,28)18-14(3)29-19(24-18)15-7-6-13(2)25(10-15)20(27)16-11-30-12-17(16)26-22-8-9-23-26/h8-9,11-13,15,28H,5-7,10H2,1-4H3. The molecule has 160 valence electrons. The van der Waals surface area contributed by atoms with Gasteiger partial charge in [0.2, 0.25) is 0 Å². The molecule has 0 aromatic carbocycles. The number of rotatable bonds is 5. The fourth-order valence-electron chi connectivity index (χ4n) is 3.95. The molecule has 30 heavy (non-hydrogen) atoms. The quantitative estimate of drug-likeness (QED) is 0.665. The maximum atomic E-state index is 13.4. The summed E-state index contributed by atoms with van der Waals surface area (Å²) in [5.41, 5.74) is 0.854. The number of aliphatic hydroxyl groups is 1. The van der Waals surface area contributed by atoms with Crippen molar-refractivity contribution in [1.29, 1.82) is 0 Å². The van der Waals surface area contributed by atoms with Crippen LogP contribution in [-0.2, 0) is 5.60 Å². The number of hydrogen-bond acceptors (Lipinski definition) is 7. The minimum absolute atomic E-state index is 0.00447. The molecule has 0 spiro atoms. The molecule has 3 unspecified atom stereocenters. The molecular formula is C21H27N5O3S. The van der Waals surface area contributed by atoms with E-state index in [1.165, 1.54) is 16.1 Å². The number of thiophene rings is 1. The Labute approximate surface area is 179 Å². The van der Waals surface area contributed by atoms with Gasteiger partial charge < -0.3 is 14.4 Å². The lowest BCUT2D eigenvalue weighted by Gasteiger charge is -2.37. The maximum absolute atomic E-state index is 13.4. The van der Waals surface area contributed by atoms with Gasteiger partial charge in [0.25, 0.3) is 5.91 Å². The van der Waals surface area contributed by atoms with Crippen LogP contribution in [0.3, 0.4) is 0 Å². The second-order valence-corrected chi connectivity index (χ2v) is 8.90. The molecule has 3 atom stereocenters. The smallest absolute Gasteiger partial charge is 0.257 e. The van der Waals surface area contributed by atoms with Crippen molar-refractivity contribution in [2.24, 2.45) is 0 Å². The van der Waals surface area contributed by atoms with Crippen molar-refractivity contribution in [2.75, 3.05) is 6.54 Å². The molecule has 1 saturated heterocycles. The highest BCUT2D eigenvalue weighted by Crippen LogP contribution is 2.35. The first kappa shape index (κ1) is 20.7. The summed E-state index contributed by atoms with van der Waals surface area (Å²) in [7, 11) is 0. The summed E-state index contributed by atoms with van der Waals surface area (Å²) in [5.74, 6) is 1.19. The molecule has 3 aromatic rings. The Morgan fingerprint density at radius 2 is 2.07 bits per heavy atom. The van der Waals surface area contributed by atoms with E-state index in [0.717, 1.165) is 12.8 Å². The van der Waals surface area contributed by atoms with E-state index in [4.69, 9.17) is 4.42 Å². The number of nitrogens with zero attached hydrogens (tertiary/aromatic N) is 5. The van der Waals surface area contributed by atoms with Crippen LogP contribution in [0.4, 0.5) is 0 Å². The Morgan fingerprint density at radius 3 is 2.77 bits per heavy atom. The van der Waals surface area contributed by atoms with E-state index < -0.39 is 5.60 Å². The molecule has 4 rings (SSSR count). The highest BCUT2D eigenvalue weighted by atomic mass is 32.1. The Balaban J connectivity index is 1.59. The van der Waals surface area contributed by atoms with Crippen molar-refractivity contribution in [3.05, 3.63) is 46.1 Å². The average Bonchev–Trinajstić information content (AvgIpc) is 3.47. The van der Waals surface area contributed by atoms with Crippen molar-refractivity contribution in [3.8, 4) is 5.69 Å². The van der Waals surface area contributed by atoms with Gasteiger partial charge in [-0.1, -0.05) is 6.92 Å². The Hall–Kier alpha value is -2.52. The average molecular weight is 430 g/mol. The van der Waals surface area contributed by atoms with E-state index in [0.29, 0.717) is 41.6 Å². The van der Waals surface area contributed by atoms with E-state index in [2.05, 4.69) is 22.1 Å². The number of aromatic nitrogens is 4. The van der Waals surface area contributed by atoms with Crippen LogP contribution in [0.1, 0.15) is 73.7 Å². The van der Waals surface area contributed by atoms with E-state index >= 15 is 0 Å². The molecule has 0 saturated carbocycles. The normalized spacial score (nSPS) is 21.6. The Morgan fingerprint density at radius 1 is 1.33 bits per heavy atom. The van der Waals surface area contributed by atoms with Crippen LogP contribution < -0.4 is 0 Å². The molecule has 8 nitrogen and oxygen atoms in total. The molecule has 0 aliphatic carbocycles. The van der Waals surface area contributed by atoms with Crippen LogP contribution in [0, 0.1) is 6.92 Å². The second-order valence-electron chi connectivity index (χ2n) is 8.15. The number of amides is 1. The highest BCUT2D eigenvalue weighted by Gasteiger charge is 2.36. The molecular weight excluding hydrogens is 402 g/mol. The van der Waals surface area contributed by atoms with E-state index in [1.54, 1.807) is 19.3 Å². The fraction of sp³-hybridized carbons (Fsp3) is 0.524. The summed E-state index contributed by atoms with van der Waals surface area (Å²) in [6.45, 7) is 8.10. The topological polar surface area (TPSA) is 97.3 Å². The van der Waals surface area contributed by atoms with Gasteiger partial charge in [-0.15, -0.1) is 16.1 Å². The summed E-state index contributed by atoms with van der Waals surface area (Å²) in [6, 6.07) is 0.112. The second kappa shape index (κ2) is 7.96. The number of oxazole rings is 1. The van der Waals surface area contributed by atoms with Crippen LogP contribution >= 0.6 is 11.3 Å². The molecule has 4 heterocycles. The van der Waals surface area contributed by atoms with E-state index in [1.807, 2.05) is 29.5 Å². The SMILES string of the molecule is CCC(C)(O)c1nc(C2CCC(C)N(C(=O)c3cscc3-n3nccn3)C2)oc1C. The predicted molar refractivity (Wildman–Crippen MR) is 113 cm³/mol. The van der Waals surface area contributed by atoms with E-state index in [9.17, 15) is 9.90 Å². The lowest BCUT2D eigenvalue weighted by Crippen LogP contribution is -2.45. The van der Waals surface area contributed by atoms with Crippen molar-refractivity contribution in [2.45, 2.75) is 64.5 Å². The van der Waals surface area contributed by atoms with Gasteiger partial charge in [-0.25, -0.2) is 4.98 Å². The molecule has 1 aliphatic rings. The van der Waals surface area contributed by atoms with Gasteiger partial charge >= 0.3 is 0 Å². The van der Waals surface area contributed by atoms with Gasteiger partial charge in [0.1, 0.15) is 22.7 Å². The number of likely N-dealkylation sites (tertiary alicyclic amines) is 1. The summed E-state index contributed by atoms with van der Waals surface area (Å²) in [5, 5.41) is 22.7. The van der Waals surface area contributed by atoms with Gasteiger partial charge in [0.15, 0.2) is 5.89 Å². The van der Waals surface area contributed by atoms with Crippen molar-refractivity contribution >= 4 is 17.2 Å². The number of aryl methyl sites for hydroxylation is 1. The summed E-state index contributed by atoms with van der Waals surface area (Å²) >= 11 is 1.46. The first-order chi connectivity index (χ1) is 14.3. The van der Waals surface area contributed by atoms with Gasteiger partial charge in [-0.2, -0.15) is 10.2 Å². The minimum atomic E-state index is -1.02. The van der Waals surface area contributed by atoms with Crippen molar-refractivity contribution in [1.82, 2.24) is 24.9 Å². The highest BCUT2D eigenvalue weighted by molar-refractivity contribution is 7.08. The van der Waals surface area contributed by atoms with Crippen molar-refractivity contribution < 1.29 is 14.3 Å². The zero-order valence-electron chi connectivity index (χ0n) is 17.7. The van der Waals surface area contributed by atoms with Crippen LogP contribution in [0.2, 0.25) is 0 Å². The Bertz CT molecular complexity index is 1020. The zero-order chi connectivity index (χ0) is 21.5. The number of piperidine rings is 1. The monoisotopic (exact) mass is 429 g/mol. The number of carbonyl (C=O) groups is 1. The summed E-state index contributed by atoms with van der Waals surface area (Å²) in [6.07, 6.45) is 5.49. The molecule has 3 aromatic heterocycles. The van der Waals surface area contributed by atoms with Crippen LogP contribution in [0.15, 0.2) is 27.6 Å². The lowest BCUT2D eigenvalue weighted by atomic mass is 9.92. The molecule has 9 heteroatoms. The zero-order valence-corrected chi connectivity index (χ0v) is 18.5. The first-order valence-electron chi connectivity index (χ1n) is 10.3. The van der Waals surface area contributed by atoms with Gasteiger partial charge in [0.05, 0.1) is 23.9 Å². The van der Waals surface area contributed by atoms with Crippen LogP contribution in [0.25, 0.3) is 5.69 Å². The summed E-state index contributed by atoms with van der Waals surface area (Å²) in [4.78, 5) is 21.4. The van der Waals surface area contributed by atoms with Gasteiger partial charge in [0, 0.05) is 23.3 Å². The molecule has 0 radical (unpaired) electrons. The third-order valence-electron chi connectivity index (χ3n) is 6.01. The molecule has 1 N–H and O–H groups in total. The lowest BCUT2D eigenvalue weighted by molar-refractivity contribution is 0.0473. The first-order valence-corrected chi connectivity index (χ1v) is 11.2. The van der Waals surface area contributed by atoms with Gasteiger partial charge in [-0.3, -0.25) is 4.79 Å². The summed E-state index contributed by atoms with van der Waals surface area (Å²) < 4.78 is 5.95. The Kier molecular flexibility index (Phi) is 5.50. The van der Waals surface area contributed by atoms with Crippen molar-refractivity contribution in [3.63, 3.8) is 0 Å². The molecule has 1 amide bonds. The number of hydrogen-bond donors (Lipinski definition) is 1.